The molecule has 16 nitrogen and oxygen atoms in total. The monoisotopic (exact) mass is 939 g/mol. The molecule has 0 bridgehead atoms. The molecule has 0 fully saturated rings. The van der Waals surface area contributed by atoms with E-state index in [1.54, 1.807) is 29.1 Å². The number of carboxylic acids is 1. The summed E-state index contributed by atoms with van der Waals surface area (Å²) in [6.07, 6.45) is 11.8. The normalized spacial score (nSPS) is 11.2. The van der Waals surface area contributed by atoms with Gasteiger partial charge in [-0.2, -0.15) is 0 Å². The number of fused-ring (bicyclic) bond motifs is 2. The molecule has 0 atom stereocenters. The SMILES string of the molecule is NC(=[NH2+])c1ccc(OCCCCCCCCCCOc2ccc(CCOCCOCCn3cc(CNC(=O)c4ccc(-c5c6ccc(=O)cc-6oc6cc(O)ccc56)c(C(=O)O)c4)nn3)cc2)cc1. The molecular weight excluding hydrogens is 881 g/mol. The van der Waals surface area contributed by atoms with E-state index in [9.17, 15) is 24.6 Å². The Morgan fingerprint density at radius 2 is 1.35 bits per heavy atom. The molecule has 1 aliphatic carbocycles. The van der Waals surface area contributed by atoms with Gasteiger partial charge in [-0.25, -0.2) is 9.48 Å². The fraction of sp³-hybridized carbons (Fsp3) is 0.321. The Balaban J connectivity index is 0.722. The van der Waals surface area contributed by atoms with Gasteiger partial charge in [0.25, 0.3) is 11.7 Å². The zero-order chi connectivity index (χ0) is 48.4. The van der Waals surface area contributed by atoms with Crippen molar-refractivity contribution in [3.63, 3.8) is 0 Å². The van der Waals surface area contributed by atoms with Crippen molar-refractivity contribution in [2.75, 3.05) is 39.6 Å². The van der Waals surface area contributed by atoms with E-state index in [0.717, 1.165) is 42.9 Å². The lowest BCUT2D eigenvalue weighted by molar-refractivity contribution is -0.114. The molecule has 0 unspecified atom stereocenters. The molecule has 0 saturated carbocycles. The lowest BCUT2D eigenvalue weighted by atomic mass is 9.90. The third-order valence-corrected chi connectivity index (χ3v) is 11.5. The van der Waals surface area contributed by atoms with E-state index < -0.39 is 11.9 Å². The zero-order valence-corrected chi connectivity index (χ0v) is 38.6. The van der Waals surface area contributed by atoms with Gasteiger partial charge in [0.05, 0.1) is 70.1 Å². The standard InChI is InChI=1S/C53H58N6O10/c54-51(55)37-11-18-43(19-12-37)68-26-8-6-4-2-1-3-5-7-25-67-42-16-9-36(10-17-42)23-27-65-29-30-66-28-24-59-35-39(57-58-59)34-56-52(62)38-13-20-44(47(31-38)53(63)64)50-45-21-14-40(60)32-48(45)69-49-33-41(61)15-22-46(49)50/h9-22,31-33,35,60H,1-8,23-30,34H2,(H3,54,55)(H,56,62)(H,63,64)/p+1. The maximum atomic E-state index is 13.2. The van der Waals surface area contributed by atoms with Gasteiger partial charge in [0.15, 0.2) is 5.43 Å². The maximum absolute atomic E-state index is 13.2. The first-order chi connectivity index (χ1) is 33.6. The number of ether oxygens (including phenoxy) is 4. The molecular formula is C53H59N6O10+. The number of nitrogens with zero attached hydrogens (tertiary/aromatic N) is 3. The van der Waals surface area contributed by atoms with Gasteiger partial charge in [-0.05, 0) is 103 Å². The number of amides is 1. The number of carbonyl (C=O) groups is 2. The number of benzene rings is 5. The van der Waals surface area contributed by atoms with E-state index in [1.807, 2.05) is 36.4 Å². The molecule has 1 aliphatic heterocycles. The number of hydrogen-bond acceptors (Lipinski definition) is 11. The Labute approximate surface area is 399 Å². The quantitative estimate of drug-likeness (QED) is 0.0147. The Hall–Kier alpha value is -7.56. The summed E-state index contributed by atoms with van der Waals surface area (Å²) in [6.45, 7) is 3.80. The third kappa shape index (κ3) is 14.5. The number of phenols is 1. The molecule has 7 N–H and O–H groups in total. The number of phenolic OH excluding ortho intramolecular Hbond substituents is 1. The van der Waals surface area contributed by atoms with Crippen LogP contribution in [0.2, 0.25) is 0 Å². The lowest BCUT2D eigenvalue weighted by Crippen LogP contribution is -2.46. The van der Waals surface area contributed by atoms with Gasteiger partial charge in [-0.15, -0.1) is 5.10 Å². The number of hydrogen-bond donors (Lipinski definition) is 5. The highest BCUT2D eigenvalue weighted by molar-refractivity contribution is 6.09. The fourth-order valence-electron chi connectivity index (χ4n) is 7.84. The lowest BCUT2D eigenvalue weighted by Gasteiger charge is -2.17. The van der Waals surface area contributed by atoms with Crippen LogP contribution in [0, 0.1) is 0 Å². The average Bonchev–Trinajstić information content (AvgIpc) is 3.81. The number of unbranched alkanes of at least 4 members (excludes halogenated alkanes) is 7. The van der Waals surface area contributed by atoms with Crippen LogP contribution in [-0.2, 0) is 29.0 Å². The first-order valence-corrected chi connectivity index (χ1v) is 23.3. The highest BCUT2D eigenvalue weighted by atomic mass is 16.5. The smallest absolute Gasteiger partial charge is 0.336 e. The van der Waals surface area contributed by atoms with E-state index in [4.69, 9.17) is 34.5 Å². The van der Waals surface area contributed by atoms with Crippen molar-refractivity contribution in [3.8, 4) is 39.7 Å². The van der Waals surface area contributed by atoms with Gasteiger partial charge >= 0.3 is 5.97 Å². The second kappa shape index (κ2) is 25.0. The van der Waals surface area contributed by atoms with Crippen LogP contribution in [-0.4, -0.2) is 82.6 Å². The number of aromatic hydroxyl groups is 1. The average molecular weight is 940 g/mol. The van der Waals surface area contributed by atoms with Crippen molar-refractivity contribution in [1.82, 2.24) is 20.3 Å². The molecule has 69 heavy (non-hydrogen) atoms. The van der Waals surface area contributed by atoms with Crippen molar-refractivity contribution in [3.05, 3.63) is 147 Å². The van der Waals surface area contributed by atoms with E-state index >= 15 is 0 Å². The van der Waals surface area contributed by atoms with Crippen molar-refractivity contribution < 1.29 is 48.6 Å². The highest BCUT2D eigenvalue weighted by Gasteiger charge is 2.23. The number of aromatic nitrogens is 3. The molecule has 2 heterocycles. The molecule has 1 aromatic heterocycles. The van der Waals surface area contributed by atoms with Crippen LogP contribution in [0.5, 0.6) is 17.2 Å². The summed E-state index contributed by atoms with van der Waals surface area (Å²) < 4.78 is 30.8. The summed E-state index contributed by atoms with van der Waals surface area (Å²) in [5.74, 6) is 0.455. The summed E-state index contributed by atoms with van der Waals surface area (Å²) in [4.78, 5) is 37.9. The van der Waals surface area contributed by atoms with E-state index in [1.165, 1.54) is 80.5 Å². The first-order valence-electron chi connectivity index (χ1n) is 23.3. The molecule has 0 radical (unpaired) electrons. The molecule has 16 heteroatoms. The zero-order valence-electron chi connectivity index (χ0n) is 38.6. The summed E-state index contributed by atoms with van der Waals surface area (Å²) in [6, 6.07) is 28.8. The predicted octanol–water partition coefficient (Wildman–Crippen LogP) is 6.81. The van der Waals surface area contributed by atoms with E-state index in [-0.39, 0.29) is 40.2 Å². The Kier molecular flexibility index (Phi) is 17.9. The van der Waals surface area contributed by atoms with Gasteiger partial charge in [-0.3, -0.25) is 20.7 Å². The van der Waals surface area contributed by atoms with Crippen molar-refractivity contribution >= 4 is 28.7 Å². The van der Waals surface area contributed by atoms with Crippen molar-refractivity contribution in [2.24, 2.45) is 5.73 Å². The third-order valence-electron chi connectivity index (χ3n) is 11.5. The Bertz CT molecular complexity index is 2820. The van der Waals surface area contributed by atoms with Crippen molar-refractivity contribution in [2.45, 2.75) is 70.9 Å². The molecule has 0 saturated heterocycles. The number of aromatic carboxylic acids is 1. The molecule has 7 rings (SSSR count). The van der Waals surface area contributed by atoms with Gasteiger partial charge in [0.2, 0.25) is 0 Å². The predicted molar refractivity (Wildman–Crippen MR) is 261 cm³/mol. The van der Waals surface area contributed by atoms with Crippen LogP contribution in [0.3, 0.4) is 0 Å². The second-order valence-corrected chi connectivity index (χ2v) is 16.7. The number of carboxylic acid groups (broad SMARTS) is 1. The highest BCUT2D eigenvalue weighted by Crippen LogP contribution is 2.42. The number of amidine groups is 1. The van der Waals surface area contributed by atoms with Gasteiger partial charge in [0, 0.05) is 34.2 Å². The van der Waals surface area contributed by atoms with Crippen LogP contribution in [0.25, 0.3) is 33.4 Å². The summed E-state index contributed by atoms with van der Waals surface area (Å²) in [5.41, 5.74) is 9.38. The molecule has 2 aliphatic rings. The summed E-state index contributed by atoms with van der Waals surface area (Å²) >= 11 is 0. The molecule has 360 valence electrons. The Morgan fingerprint density at radius 3 is 2.03 bits per heavy atom. The van der Waals surface area contributed by atoms with Gasteiger partial charge in [0.1, 0.15) is 34.3 Å². The molecule has 0 spiro atoms. The minimum atomic E-state index is -1.25. The summed E-state index contributed by atoms with van der Waals surface area (Å²) in [5, 5.41) is 37.5. The van der Waals surface area contributed by atoms with E-state index in [0.29, 0.717) is 73.2 Å². The van der Waals surface area contributed by atoms with Crippen LogP contribution in [0.15, 0.2) is 119 Å². The van der Waals surface area contributed by atoms with Crippen LogP contribution in [0.1, 0.15) is 88.9 Å². The minimum absolute atomic E-state index is 0.0560. The fourth-order valence-corrected chi connectivity index (χ4v) is 7.84. The number of carbonyl (C=O) groups excluding carboxylic acids is 1. The largest absolute Gasteiger partial charge is 0.508 e. The van der Waals surface area contributed by atoms with Gasteiger partial charge < -0.3 is 38.9 Å². The van der Waals surface area contributed by atoms with Gasteiger partial charge in [-0.1, -0.05) is 61.9 Å². The molecule has 5 aromatic rings. The van der Waals surface area contributed by atoms with Crippen LogP contribution < -0.4 is 31.4 Å². The number of rotatable bonds is 28. The van der Waals surface area contributed by atoms with Crippen LogP contribution >= 0.6 is 0 Å². The molecule has 1 amide bonds. The Morgan fingerprint density at radius 1 is 0.710 bits per heavy atom. The minimum Gasteiger partial charge on any atom is -0.508 e. The maximum Gasteiger partial charge on any atom is 0.336 e. The molecule has 4 aromatic carbocycles. The number of nitrogens with one attached hydrogen (secondary N) is 1. The van der Waals surface area contributed by atoms with Crippen LogP contribution in [0.4, 0.5) is 0 Å². The van der Waals surface area contributed by atoms with E-state index in [2.05, 4.69) is 27.8 Å². The van der Waals surface area contributed by atoms with Crippen molar-refractivity contribution in [1.29, 1.82) is 0 Å². The second-order valence-electron chi connectivity index (χ2n) is 16.7. The first kappa shape index (κ1) is 49.3. The topological polar surface area (TPSA) is 236 Å². The number of nitrogens with two attached hydrogens (primary N) is 2. The summed E-state index contributed by atoms with van der Waals surface area (Å²) in [7, 11) is 0.